The van der Waals surface area contributed by atoms with Gasteiger partial charge in [0.2, 0.25) is 0 Å². The molecule has 1 rings (SSSR count). The van der Waals surface area contributed by atoms with Gasteiger partial charge in [0.15, 0.2) is 0 Å². The molecule has 0 bridgehead atoms. The predicted octanol–water partition coefficient (Wildman–Crippen LogP) is 2.15. The van der Waals surface area contributed by atoms with E-state index in [1.807, 2.05) is 0 Å². The molecule has 0 unspecified atom stereocenters. The minimum Gasteiger partial charge on any atom is -0.398 e. The first-order chi connectivity index (χ1) is 6.73. The maximum atomic E-state index is 12.4. The largest absolute Gasteiger partial charge is 0.418 e. The number of benzene rings is 1. The van der Waals surface area contributed by atoms with Crippen LogP contribution in [0.5, 0.6) is 0 Å². The maximum Gasteiger partial charge on any atom is 0.418 e. The third kappa shape index (κ3) is 2.41. The third-order valence-corrected chi connectivity index (χ3v) is 2.17. The van der Waals surface area contributed by atoms with E-state index >= 15 is 0 Å². The lowest BCUT2D eigenvalue weighted by Crippen LogP contribution is -2.17. The standard InChI is InChI=1S/C8H6BrF3N2O/c9-3-1-4(7(14)15)6(13)5(2-3)8(10,11)12/h1-2H,13H2,(H2,14,15). The number of nitrogens with two attached hydrogens (primary N) is 2. The number of alkyl halides is 3. The molecular weight excluding hydrogens is 277 g/mol. The fraction of sp³-hybridized carbons (Fsp3) is 0.125. The Labute approximate surface area is 91.4 Å². The van der Waals surface area contributed by atoms with Gasteiger partial charge < -0.3 is 11.5 Å². The molecule has 82 valence electrons. The van der Waals surface area contributed by atoms with Crippen molar-refractivity contribution in [2.45, 2.75) is 6.18 Å². The van der Waals surface area contributed by atoms with Gasteiger partial charge in [0.05, 0.1) is 16.8 Å². The van der Waals surface area contributed by atoms with E-state index in [9.17, 15) is 18.0 Å². The van der Waals surface area contributed by atoms with Crippen molar-refractivity contribution in [3.05, 3.63) is 27.7 Å². The summed E-state index contributed by atoms with van der Waals surface area (Å²) in [5.41, 5.74) is 8.00. The van der Waals surface area contributed by atoms with E-state index in [-0.39, 0.29) is 10.0 Å². The quantitative estimate of drug-likeness (QED) is 0.775. The Kier molecular flexibility index (Phi) is 2.94. The fourth-order valence-corrected chi connectivity index (χ4v) is 1.51. The van der Waals surface area contributed by atoms with Gasteiger partial charge in [-0.1, -0.05) is 15.9 Å². The second-order valence-electron chi connectivity index (χ2n) is 2.78. The Morgan fingerprint density at radius 1 is 1.33 bits per heavy atom. The molecule has 0 fully saturated rings. The number of carbonyl (C=O) groups is 1. The monoisotopic (exact) mass is 282 g/mol. The SMILES string of the molecule is NC(=O)c1cc(Br)cc(C(F)(F)F)c1N. The Hall–Kier alpha value is -1.24. The topological polar surface area (TPSA) is 69.1 Å². The highest BCUT2D eigenvalue weighted by Crippen LogP contribution is 2.37. The molecule has 0 saturated heterocycles. The van der Waals surface area contributed by atoms with E-state index in [2.05, 4.69) is 15.9 Å². The van der Waals surface area contributed by atoms with Gasteiger partial charge in [-0.3, -0.25) is 4.79 Å². The minimum atomic E-state index is -4.61. The molecule has 0 spiro atoms. The second kappa shape index (κ2) is 3.73. The summed E-state index contributed by atoms with van der Waals surface area (Å²) in [4.78, 5) is 10.8. The molecule has 1 aromatic carbocycles. The second-order valence-corrected chi connectivity index (χ2v) is 3.69. The molecule has 0 radical (unpaired) electrons. The van der Waals surface area contributed by atoms with Crippen LogP contribution in [-0.2, 0) is 6.18 Å². The molecule has 4 N–H and O–H groups in total. The first kappa shape index (κ1) is 11.8. The lowest BCUT2D eigenvalue weighted by molar-refractivity contribution is -0.136. The molecule has 0 aliphatic carbocycles. The van der Waals surface area contributed by atoms with Crippen molar-refractivity contribution in [2.24, 2.45) is 5.73 Å². The van der Waals surface area contributed by atoms with Crippen LogP contribution in [0.15, 0.2) is 16.6 Å². The third-order valence-electron chi connectivity index (χ3n) is 1.72. The van der Waals surface area contributed by atoms with Crippen LogP contribution < -0.4 is 11.5 Å². The van der Waals surface area contributed by atoms with E-state index in [4.69, 9.17) is 11.5 Å². The van der Waals surface area contributed by atoms with Crippen LogP contribution in [0.4, 0.5) is 18.9 Å². The van der Waals surface area contributed by atoms with Gasteiger partial charge in [-0.2, -0.15) is 13.2 Å². The van der Waals surface area contributed by atoms with Crippen molar-refractivity contribution in [3.8, 4) is 0 Å². The Bertz CT molecular complexity index is 417. The van der Waals surface area contributed by atoms with Gasteiger partial charge in [0, 0.05) is 4.47 Å². The van der Waals surface area contributed by atoms with Crippen LogP contribution in [0.2, 0.25) is 0 Å². The predicted molar refractivity (Wildman–Crippen MR) is 52.1 cm³/mol. The van der Waals surface area contributed by atoms with Crippen molar-refractivity contribution >= 4 is 27.5 Å². The summed E-state index contributed by atoms with van der Waals surface area (Å²) in [5, 5.41) is 0. The molecule has 0 aliphatic heterocycles. The van der Waals surface area contributed by atoms with E-state index in [0.29, 0.717) is 0 Å². The Morgan fingerprint density at radius 3 is 2.27 bits per heavy atom. The number of rotatable bonds is 1. The van der Waals surface area contributed by atoms with Crippen LogP contribution in [0.1, 0.15) is 15.9 Å². The zero-order valence-corrected chi connectivity index (χ0v) is 8.82. The van der Waals surface area contributed by atoms with Gasteiger partial charge in [0.25, 0.3) is 5.91 Å². The lowest BCUT2D eigenvalue weighted by Gasteiger charge is -2.12. The number of carbonyl (C=O) groups excluding carboxylic acids is 1. The summed E-state index contributed by atoms with van der Waals surface area (Å²) in [7, 11) is 0. The normalized spacial score (nSPS) is 11.5. The average Bonchev–Trinajstić information content (AvgIpc) is 2.06. The van der Waals surface area contributed by atoms with E-state index < -0.39 is 23.3 Å². The maximum absolute atomic E-state index is 12.4. The molecule has 15 heavy (non-hydrogen) atoms. The number of halogens is 4. The number of primary amides is 1. The van der Waals surface area contributed by atoms with Crippen molar-refractivity contribution in [1.29, 1.82) is 0 Å². The zero-order chi connectivity index (χ0) is 11.8. The lowest BCUT2D eigenvalue weighted by atomic mass is 10.1. The van der Waals surface area contributed by atoms with E-state index in [1.54, 1.807) is 0 Å². The van der Waals surface area contributed by atoms with E-state index in [0.717, 1.165) is 12.1 Å². The summed E-state index contributed by atoms with van der Waals surface area (Å²) < 4.78 is 37.4. The Balaban J connectivity index is 3.49. The molecule has 1 aromatic rings. The number of anilines is 1. The van der Waals surface area contributed by atoms with Crippen LogP contribution >= 0.6 is 15.9 Å². The molecular formula is C8H6BrF3N2O. The van der Waals surface area contributed by atoms with Gasteiger partial charge in [-0.05, 0) is 12.1 Å². The molecule has 0 saturated carbocycles. The van der Waals surface area contributed by atoms with Gasteiger partial charge >= 0.3 is 6.18 Å². The highest BCUT2D eigenvalue weighted by Gasteiger charge is 2.34. The highest BCUT2D eigenvalue weighted by atomic mass is 79.9. The van der Waals surface area contributed by atoms with Gasteiger partial charge in [-0.25, -0.2) is 0 Å². The van der Waals surface area contributed by atoms with E-state index in [1.165, 1.54) is 0 Å². The van der Waals surface area contributed by atoms with Crippen molar-refractivity contribution in [3.63, 3.8) is 0 Å². The van der Waals surface area contributed by atoms with Crippen LogP contribution in [0.25, 0.3) is 0 Å². The summed E-state index contributed by atoms with van der Waals surface area (Å²) in [6.07, 6.45) is -4.61. The zero-order valence-electron chi connectivity index (χ0n) is 7.23. The van der Waals surface area contributed by atoms with Crippen molar-refractivity contribution < 1.29 is 18.0 Å². The molecule has 0 atom stereocenters. The molecule has 0 aliphatic rings. The molecule has 0 heterocycles. The van der Waals surface area contributed by atoms with Crippen LogP contribution in [0, 0.1) is 0 Å². The van der Waals surface area contributed by atoms with Gasteiger partial charge in [0.1, 0.15) is 0 Å². The minimum absolute atomic E-state index is 0.0952. The van der Waals surface area contributed by atoms with Crippen molar-refractivity contribution in [1.82, 2.24) is 0 Å². The smallest absolute Gasteiger partial charge is 0.398 e. The van der Waals surface area contributed by atoms with Crippen LogP contribution in [0.3, 0.4) is 0 Å². The number of amides is 1. The summed E-state index contributed by atoms with van der Waals surface area (Å²) >= 11 is 2.84. The number of hydrogen-bond acceptors (Lipinski definition) is 2. The first-order valence-electron chi connectivity index (χ1n) is 3.69. The average molecular weight is 283 g/mol. The summed E-state index contributed by atoms with van der Waals surface area (Å²) in [6, 6.07) is 1.94. The molecule has 3 nitrogen and oxygen atoms in total. The molecule has 0 aromatic heterocycles. The molecule has 1 amide bonds. The summed E-state index contributed by atoms with van der Waals surface area (Å²) in [5.74, 6) is -1.00. The Morgan fingerprint density at radius 2 is 1.87 bits per heavy atom. The summed E-state index contributed by atoms with van der Waals surface area (Å²) in [6.45, 7) is 0. The number of hydrogen-bond donors (Lipinski definition) is 2. The van der Waals surface area contributed by atoms with Crippen molar-refractivity contribution in [2.75, 3.05) is 5.73 Å². The highest BCUT2D eigenvalue weighted by molar-refractivity contribution is 9.10. The first-order valence-corrected chi connectivity index (χ1v) is 4.49. The molecule has 7 heteroatoms. The fourth-order valence-electron chi connectivity index (χ4n) is 1.06. The van der Waals surface area contributed by atoms with Crippen LogP contribution in [-0.4, -0.2) is 5.91 Å². The van der Waals surface area contributed by atoms with Gasteiger partial charge in [-0.15, -0.1) is 0 Å². The number of nitrogen functional groups attached to an aromatic ring is 1.